The molecular weight excluding hydrogens is 603 g/mol. The number of hydrogen-bond acceptors (Lipinski definition) is 8. The van der Waals surface area contributed by atoms with Crippen LogP contribution >= 0.6 is 0 Å². The molecule has 1 aliphatic rings. The summed E-state index contributed by atoms with van der Waals surface area (Å²) in [5.41, 5.74) is 1.78. The molecule has 0 aliphatic carbocycles. The van der Waals surface area contributed by atoms with Gasteiger partial charge in [-0.2, -0.15) is 14.9 Å². The van der Waals surface area contributed by atoms with Crippen LogP contribution in [0.2, 0.25) is 0 Å². The largest absolute Gasteiger partial charge is 0.392 e. The quantitative estimate of drug-likeness (QED) is 0.284. The molecule has 0 atom stereocenters. The lowest BCUT2D eigenvalue weighted by atomic mass is 9.86. The van der Waals surface area contributed by atoms with Crippen molar-refractivity contribution in [2.24, 2.45) is 13.0 Å². The number of nitrogens with zero attached hydrogens (tertiary/aromatic N) is 7. The molecule has 0 saturated heterocycles. The van der Waals surface area contributed by atoms with Gasteiger partial charge in [0.1, 0.15) is 11.5 Å². The highest BCUT2D eigenvalue weighted by Crippen LogP contribution is 2.30. The number of carbonyl (C=O) groups excluding carboxylic acids is 1. The molecule has 6 rings (SSSR count). The summed E-state index contributed by atoms with van der Waals surface area (Å²) >= 11 is 0. The zero-order valence-electron chi connectivity index (χ0n) is 27.2. The third-order valence-corrected chi connectivity index (χ3v) is 8.46. The fourth-order valence-corrected chi connectivity index (χ4v) is 5.88. The van der Waals surface area contributed by atoms with Crippen LogP contribution in [0.15, 0.2) is 58.5 Å². The Morgan fingerprint density at radius 2 is 1.87 bits per heavy atom. The summed E-state index contributed by atoms with van der Waals surface area (Å²) in [6.07, 6.45) is 4.50. The summed E-state index contributed by atoms with van der Waals surface area (Å²) in [5, 5.41) is 22.8. The van der Waals surface area contributed by atoms with E-state index in [2.05, 4.69) is 20.5 Å². The number of halogens is 1. The zero-order valence-corrected chi connectivity index (χ0v) is 27.2. The Morgan fingerprint density at radius 1 is 1.11 bits per heavy atom. The molecule has 0 bridgehead atoms. The molecule has 1 aromatic carbocycles. The van der Waals surface area contributed by atoms with Crippen molar-refractivity contribution < 1.29 is 14.3 Å². The van der Waals surface area contributed by atoms with Gasteiger partial charge in [0.25, 0.3) is 11.1 Å². The van der Waals surface area contributed by atoms with Gasteiger partial charge in [-0.15, -0.1) is 0 Å². The van der Waals surface area contributed by atoms with Crippen molar-refractivity contribution in [2.45, 2.75) is 59.7 Å². The number of aliphatic hydroxyl groups excluding tert-OH is 1. The topological polar surface area (TPSA) is 140 Å². The number of hydrogen-bond donors (Lipinski definition) is 2. The maximum atomic E-state index is 15.4. The van der Waals surface area contributed by atoms with Crippen molar-refractivity contribution in [2.75, 3.05) is 11.9 Å². The molecule has 12 nitrogen and oxygen atoms in total. The van der Waals surface area contributed by atoms with Gasteiger partial charge in [0, 0.05) is 54.5 Å². The van der Waals surface area contributed by atoms with Crippen molar-refractivity contribution in [3.05, 3.63) is 92.3 Å². The van der Waals surface area contributed by atoms with Crippen molar-refractivity contribution in [1.29, 1.82) is 0 Å². The van der Waals surface area contributed by atoms with Crippen LogP contribution in [-0.4, -0.2) is 51.6 Å². The molecule has 5 aromatic rings. The average molecular weight is 641 g/mol. The molecule has 4 aromatic heterocycles. The third-order valence-electron chi connectivity index (χ3n) is 8.46. The van der Waals surface area contributed by atoms with Crippen LogP contribution in [-0.2, 0) is 37.0 Å². The molecule has 0 spiro atoms. The number of anilines is 2. The van der Waals surface area contributed by atoms with E-state index in [0.29, 0.717) is 42.0 Å². The number of benzene rings is 1. The Kier molecular flexibility index (Phi) is 8.04. The second-order valence-corrected chi connectivity index (χ2v) is 13.2. The van der Waals surface area contributed by atoms with Crippen molar-refractivity contribution >= 4 is 28.2 Å². The minimum absolute atomic E-state index is 0.0434. The van der Waals surface area contributed by atoms with Crippen LogP contribution in [0.1, 0.15) is 51.4 Å². The number of aromatic nitrogens is 6. The van der Waals surface area contributed by atoms with Crippen LogP contribution in [0.25, 0.3) is 27.7 Å². The van der Waals surface area contributed by atoms with E-state index in [4.69, 9.17) is 0 Å². The van der Waals surface area contributed by atoms with E-state index in [-0.39, 0.29) is 45.3 Å². The summed E-state index contributed by atoms with van der Waals surface area (Å²) in [4.78, 5) is 45.5. The van der Waals surface area contributed by atoms with Gasteiger partial charge in [-0.25, -0.2) is 9.37 Å². The molecule has 0 saturated carbocycles. The van der Waals surface area contributed by atoms with Crippen LogP contribution in [0.5, 0.6) is 0 Å². The maximum absolute atomic E-state index is 15.4. The van der Waals surface area contributed by atoms with Crippen molar-refractivity contribution in [3.63, 3.8) is 0 Å². The van der Waals surface area contributed by atoms with E-state index in [1.165, 1.54) is 23.0 Å². The third kappa shape index (κ3) is 5.82. The number of nitrogens with one attached hydrogen (secondary N) is 1. The molecule has 0 radical (unpaired) electrons. The Hall–Kier alpha value is -5.17. The Bertz CT molecular complexity index is 2160. The van der Waals surface area contributed by atoms with E-state index in [9.17, 15) is 19.5 Å². The van der Waals surface area contributed by atoms with E-state index in [0.717, 1.165) is 15.9 Å². The molecule has 13 heteroatoms. The molecule has 1 aliphatic heterocycles. The van der Waals surface area contributed by atoms with E-state index in [1.807, 2.05) is 45.4 Å². The first-order valence-electron chi connectivity index (χ1n) is 15.4. The molecule has 0 fully saturated rings. The normalized spacial score (nSPS) is 13.3. The summed E-state index contributed by atoms with van der Waals surface area (Å²) in [6.45, 7) is 10.6. The lowest BCUT2D eigenvalue weighted by Crippen LogP contribution is -2.40. The van der Waals surface area contributed by atoms with Gasteiger partial charge in [0.15, 0.2) is 11.6 Å². The van der Waals surface area contributed by atoms with E-state index in [1.54, 1.807) is 36.3 Å². The van der Waals surface area contributed by atoms with Gasteiger partial charge >= 0.3 is 0 Å². The minimum Gasteiger partial charge on any atom is -0.392 e. The highest BCUT2D eigenvalue weighted by Gasteiger charge is 2.25. The van der Waals surface area contributed by atoms with Crippen LogP contribution < -0.4 is 16.4 Å². The van der Waals surface area contributed by atoms with Gasteiger partial charge in [-0.05, 0) is 40.8 Å². The number of aryl methyl sites for hydroxylation is 1. The zero-order chi connectivity index (χ0) is 33.8. The first kappa shape index (κ1) is 31.8. The van der Waals surface area contributed by atoms with E-state index < -0.39 is 18.0 Å². The van der Waals surface area contributed by atoms with Gasteiger partial charge in [-0.3, -0.25) is 19.1 Å². The molecule has 0 unspecified atom stereocenters. The van der Waals surface area contributed by atoms with Crippen molar-refractivity contribution in [3.8, 4) is 16.9 Å². The smallest absolute Gasteiger partial charge is 0.283 e. The lowest BCUT2D eigenvalue weighted by Gasteiger charge is -2.28. The Labute approximate surface area is 270 Å². The predicted octanol–water partition coefficient (Wildman–Crippen LogP) is 4.01. The van der Waals surface area contributed by atoms with Gasteiger partial charge in [-0.1, -0.05) is 34.6 Å². The number of fused-ring (bicyclic) bond motifs is 2. The maximum Gasteiger partial charge on any atom is 0.283 e. The van der Waals surface area contributed by atoms with Crippen LogP contribution in [0.3, 0.4) is 0 Å². The second-order valence-electron chi connectivity index (χ2n) is 13.2. The SMILES string of the molecule is CC(C)C(=O)N1CCn2nc(Nc3cc(-c4ccnc(-n5ncc6cc(C(C)(C)C)cc(F)c6c5=O)c4CO)cn(C)c3=O)cc2C1. The highest BCUT2D eigenvalue weighted by molar-refractivity contribution is 5.83. The Morgan fingerprint density at radius 3 is 2.57 bits per heavy atom. The monoisotopic (exact) mass is 640 g/mol. The average Bonchev–Trinajstić information content (AvgIpc) is 3.43. The number of amides is 1. The van der Waals surface area contributed by atoms with Gasteiger partial charge < -0.3 is 19.9 Å². The molecule has 5 heterocycles. The summed E-state index contributed by atoms with van der Waals surface area (Å²) < 4.78 is 19.6. The summed E-state index contributed by atoms with van der Waals surface area (Å²) in [6, 6.07) is 8.23. The predicted molar refractivity (Wildman–Crippen MR) is 176 cm³/mol. The Balaban J connectivity index is 1.38. The first-order valence-corrected chi connectivity index (χ1v) is 15.4. The highest BCUT2D eigenvalue weighted by atomic mass is 19.1. The first-order chi connectivity index (χ1) is 22.3. The van der Waals surface area contributed by atoms with Gasteiger partial charge in [0.05, 0.1) is 37.0 Å². The fraction of sp³-hybridized carbons (Fsp3) is 0.353. The second kappa shape index (κ2) is 11.9. The minimum atomic E-state index is -0.708. The molecular formula is C34H37FN8O4. The molecule has 2 N–H and O–H groups in total. The number of pyridine rings is 2. The number of aliphatic hydroxyl groups is 1. The molecule has 1 amide bonds. The molecule has 244 valence electrons. The fourth-order valence-electron chi connectivity index (χ4n) is 5.88. The van der Waals surface area contributed by atoms with Crippen LogP contribution in [0, 0.1) is 11.7 Å². The standard InChI is InChI=1S/C34H37FN8O4/c1-19(2)31(45)41-9-10-42-23(17-41)14-28(39-42)38-27-12-21(16-40(6)32(27)46)24-7-8-36-30(25(24)18-44)43-33(47)29-20(15-37-43)11-22(13-26(29)35)34(3,4)5/h7-8,11-16,19,44H,9-10,17-18H2,1-6H3,(H,38,39). The molecule has 47 heavy (non-hydrogen) atoms. The van der Waals surface area contributed by atoms with Gasteiger partial charge in [0.2, 0.25) is 5.91 Å². The lowest BCUT2D eigenvalue weighted by molar-refractivity contribution is -0.136. The van der Waals surface area contributed by atoms with Crippen LogP contribution in [0.4, 0.5) is 15.9 Å². The summed E-state index contributed by atoms with van der Waals surface area (Å²) in [5.74, 6) is -0.199. The van der Waals surface area contributed by atoms with Crippen molar-refractivity contribution in [1.82, 2.24) is 34.0 Å². The summed E-state index contributed by atoms with van der Waals surface area (Å²) in [7, 11) is 1.61. The number of rotatable bonds is 6. The van der Waals surface area contributed by atoms with E-state index >= 15 is 4.39 Å². The number of carbonyl (C=O) groups is 1.